The van der Waals surface area contributed by atoms with Crippen molar-refractivity contribution in [1.82, 2.24) is 14.8 Å². The summed E-state index contributed by atoms with van der Waals surface area (Å²) in [5.41, 5.74) is 6.38. The maximum atomic E-state index is 11.1. The molecule has 2 aromatic rings. The lowest BCUT2D eigenvalue weighted by Gasteiger charge is -2.23. The molecule has 0 aliphatic carbocycles. The zero-order valence-electron chi connectivity index (χ0n) is 8.96. The first-order valence-corrected chi connectivity index (χ1v) is 6.22. The predicted molar refractivity (Wildman–Crippen MR) is 64.1 cm³/mol. The Kier molecular flexibility index (Phi) is 2.32. The van der Waals surface area contributed by atoms with Crippen LogP contribution in [0.1, 0.15) is 28.6 Å². The molecule has 0 fully saturated rings. The lowest BCUT2D eigenvalue weighted by Crippen LogP contribution is -2.24. The molecule has 2 aromatic heterocycles. The number of anilines is 1. The minimum Gasteiger partial charge on any atom is -0.363 e. The Balaban J connectivity index is 2.04. The van der Waals surface area contributed by atoms with Gasteiger partial charge in [-0.15, -0.1) is 5.10 Å². The van der Waals surface area contributed by atoms with Crippen LogP contribution in [0.4, 0.5) is 5.95 Å². The van der Waals surface area contributed by atoms with Gasteiger partial charge in [0.15, 0.2) is 0 Å². The normalized spacial score (nSPS) is 18.5. The van der Waals surface area contributed by atoms with Crippen LogP contribution >= 0.6 is 11.3 Å². The molecule has 0 radical (unpaired) electrons. The van der Waals surface area contributed by atoms with Gasteiger partial charge in [-0.05, 0) is 28.8 Å². The van der Waals surface area contributed by atoms with E-state index < -0.39 is 5.91 Å². The highest BCUT2D eigenvalue weighted by molar-refractivity contribution is 7.07. The Hall–Kier alpha value is -1.89. The highest BCUT2D eigenvalue weighted by atomic mass is 32.1. The smallest absolute Gasteiger partial charge is 0.288 e. The number of aromatic nitrogens is 3. The molecule has 1 amide bonds. The van der Waals surface area contributed by atoms with Gasteiger partial charge < -0.3 is 11.1 Å². The van der Waals surface area contributed by atoms with Gasteiger partial charge in [0.05, 0.1) is 6.04 Å². The summed E-state index contributed by atoms with van der Waals surface area (Å²) in [5, 5.41) is 11.4. The van der Waals surface area contributed by atoms with Gasteiger partial charge in [-0.1, -0.05) is 0 Å². The summed E-state index contributed by atoms with van der Waals surface area (Å²) in [5.74, 6) is 0.0775. The van der Waals surface area contributed by atoms with E-state index >= 15 is 0 Å². The molecule has 0 saturated carbocycles. The molecule has 0 saturated heterocycles. The van der Waals surface area contributed by atoms with Crippen molar-refractivity contribution >= 4 is 23.2 Å². The second-order valence-corrected chi connectivity index (χ2v) is 4.64. The second-order valence-electron chi connectivity index (χ2n) is 3.86. The van der Waals surface area contributed by atoms with Crippen LogP contribution in [-0.2, 0) is 0 Å². The zero-order chi connectivity index (χ0) is 11.8. The van der Waals surface area contributed by atoms with Gasteiger partial charge in [0.1, 0.15) is 0 Å². The fourth-order valence-corrected chi connectivity index (χ4v) is 2.69. The largest absolute Gasteiger partial charge is 0.363 e. The molecule has 1 atom stereocenters. The van der Waals surface area contributed by atoms with Crippen LogP contribution < -0.4 is 11.1 Å². The van der Waals surface area contributed by atoms with Gasteiger partial charge in [0, 0.05) is 6.54 Å². The van der Waals surface area contributed by atoms with Crippen LogP contribution in [0.2, 0.25) is 0 Å². The highest BCUT2D eigenvalue weighted by Gasteiger charge is 2.25. The average Bonchev–Trinajstić information content (AvgIpc) is 2.97. The minimum atomic E-state index is -0.599. The van der Waals surface area contributed by atoms with E-state index in [1.54, 1.807) is 16.0 Å². The third-order valence-corrected chi connectivity index (χ3v) is 3.48. The molecular formula is C10H11N5OS. The van der Waals surface area contributed by atoms with Crippen LogP contribution in [0.5, 0.6) is 0 Å². The second kappa shape index (κ2) is 3.85. The Bertz CT molecular complexity index is 547. The maximum Gasteiger partial charge on any atom is 0.288 e. The quantitative estimate of drug-likeness (QED) is 0.826. The maximum absolute atomic E-state index is 11.1. The predicted octanol–water partition coefficient (Wildman–Crippen LogP) is 0.843. The first-order chi connectivity index (χ1) is 8.25. The molecule has 1 aliphatic rings. The molecule has 3 N–H and O–H groups in total. The number of fused-ring (bicyclic) bond motifs is 1. The van der Waals surface area contributed by atoms with Crippen LogP contribution in [0, 0.1) is 0 Å². The highest BCUT2D eigenvalue weighted by Crippen LogP contribution is 2.29. The number of carbonyl (C=O) groups is 1. The van der Waals surface area contributed by atoms with Crippen LogP contribution in [0.3, 0.4) is 0 Å². The average molecular weight is 249 g/mol. The fourth-order valence-electron chi connectivity index (χ4n) is 1.98. The first kappa shape index (κ1) is 10.3. The summed E-state index contributed by atoms with van der Waals surface area (Å²) in [7, 11) is 0. The van der Waals surface area contributed by atoms with Crippen molar-refractivity contribution in [3.8, 4) is 0 Å². The molecular weight excluding hydrogens is 238 g/mol. The molecule has 1 aliphatic heterocycles. The van der Waals surface area contributed by atoms with Crippen molar-refractivity contribution in [3.63, 3.8) is 0 Å². The van der Waals surface area contributed by atoms with Crippen molar-refractivity contribution in [1.29, 1.82) is 0 Å². The number of thiophene rings is 1. The Morgan fingerprint density at radius 1 is 1.65 bits per heavy atom. The number of carbonyl (C=O) groups excluding carboxylic acids is 1. The topological polar surface area (TPSA) is 85.8 Å². The Morgan fingerprint density at radius 2 is 2.53 bits per heavy atom. The number of nitrogens with zero attached hydrogens (tertiary/aromatic N) is 3. The van der Waals surface area contributed by atoms with E-state index in [1.807, 2.05) is 5.38 Å². The van der Waals surface area contributed by atoms with E-state index in [9.17, 15) is 4.79 Å². The Labute approximate surface area is 101 Å². The summed E-state index contributed by atoms with van der Waals surface area (Å²) in [6, 6.07) is 2.20. The number of hydrogen-bond acceptors (Lipinski definition) is 5. The van der Waals surface area contributed by atoms with Crippen molar-refractivity contribution in [2.45, 2.75) is 12.5 Å². The third-order valence-electron chi connectivity index (χ3n) is 2.78. The Morgan fingerprint density at radius 3 is 3.24 bits per heavy atom. The number of hydrogen-bond donors (Lipinski definition) is 2. The number of rotatable bonds is 2. The van der Waals surface area contributed by atoms with E-state index in [0.717, 1.165) is 13.0 Å². The molecule has 0 spiro atoms. The van der Waals surface area contributed by atoms with E-state index in [1.165, 1.54) is 5.56 Å². The molecule has 88 valence electrons. The van der Waals surface area contributed by atoms with Crippen LogP contribution in [0.25, 0.3) is 0 Å². The molecule has 7 heteroatoms. The van der Waals surface area contributed by atoms with Crippen molar-refractivity contribution in [2.24, 2.45) is 5.73 Å². The van der Waals surface area contributed by atoms with E-state index in [-0.39, 0.29) is 11.9 Å². The van der Waals surface area contributed by atoms with Crippen LogP contribution in [0.15, 0.2) is 16.8 Å². The molecule has 3 rings (SSSR count). The SMILES string of the molecule is NC(=O)c1nc2n(n1)C(c1ccsc1)CCN2. The summed E-state index contributed by atoms with van der Waals surface area (Å²) in [4.78, 5) is 15.2. The number of nitrogens with two attached hydrogens (primary N) is 1. The molecule has 0 bridgehead atoms. The standard InChI is InChI=1S/C10H11N5OS/c11-8(16)9-13-10-12-3-1-7(15(10)14-9)6-2-4-17-5-6/h2,4-5,7H,1,3H2,(H2,11,16)(H,12,13,14). The zero-order valence-corrected chi connectivity index (χ0v) is 9.78. The van der Waals surface area contributed by atoms with Gasteiger partial charge in [-0.3, -0.25) is 4.79 Å². The monoisotopic (exact) mass is 249 g/mol. The van der Waals surface area contributed by atoms with E-state index in [4.69, 9.17) is 5.73 Å². The number of nitrogens with one attached hydrogen (secondary N) is 1. The van der Waals surface area contributed by atoms with Gasteiger partial charge in [-0.25, -0.2) is 4.68 Å². The first-order valence-electron chi connectivity index (χ1n) is 5.28. The van der Waals surface area contributed by atoms with Crippen molar-refractivity contribution in [2.75, 3.05) is 11.9 Å². The molecule has 0 aromatic carbocycles. The van der Waals surface area contributed by atoms with Gasteiger partial charge in [0.2, 0.25) is 11.8 Å². The van der Waals surface area contributed by atoms with Gasteiger partial charge in [0.25, 0.3) is 5.91 Å². The van der Waals surface area contributed by atoms with Gasteiger partial charge >= 0.3 is 0 Å². The number of primary amides is 1. The van der Waals surface area contributed by atoms with Crippen molar-refractivity contribution in [3.05, 3.63) is 28.2 Å². The molecule has 17 heavy (non-hydrogen) atoms. The van der Waals surface area contributed by atoms with Gasteiger partial charge in [-0.2, -0.15) is 16.3 Å². The van der Waals surface area contributed by atoms with E-state index in [2.05, 4.69) is 26.8 Å². The fraction of sp³-hybridized carbons (Fsp3) is 0.300. The molecule has 6 nitrogen and oxygen atoms in total. The summed E-state index contributed by atoms with van der Waals surface area (Å²) >= 11 is 1.65. The lowest BCUT2D eigenvalue weighted by molar-refractivity contribution is 0.0990. The molecule has 1 unspecified atom stereocenters. The lowest BCUT2D eigenvalue weighted by atomic mass is 10.1. The summed E-state index contributed by atoms with van der Waals surface area (Å²) in [6.45, 7) is 0.817. The molecule has 3 heterocycles. The van der Waals surface area contributed by atoms with Crippen LogP contribution in [-0.4, -0.2) is 27.2 Å². The number of amides is 1. The van der Waals surface area contributed by atoms with E-state index in [0.29, 0.717) is 5.95 Å². The summed E-state index contributed by atoms with van der Waals surface area (Å²) in [6.07, 6.45) is 0.922. The minimum absolute atomic E-state index is 0.0645. The van der Waals surface area contributed by atoms with Crippen molar-refractivity contribution < 1.29 is 4.79 Å². The third kappa shape index (κ3) is 1.68. The summed E-state index contributed by atoms with van der Waals surface area (Å²) < 4.78 is 1.74.